The summed E-state index contributed by atoms with van der Waals surface area (Å²) in [6, 6.07) is 0. The van der Waals surface area contributed by atoms with Crippen LogP contribution in [0.25, 0.3) is 0 Å². The third-order valence-corrected chi connectivity index (χ3v) is 6.73. The Bertz CT molecular complexity index is 307. The molecule has 2 aliphatic carbocycles. The number of hydrogen-bond acceptors (Lipinski definition) is 2. The molecule has 2 saturated carbocycles. The van der Waals surface area contributed by atoms with E-state index < -0.39 is 0 Å². The van der Waals surface area contributed by atoms with Crippen molar-refractivity contribution in [1.29, 1.82) is 0 Å². The summed E-state index contributed by atoms with van der Waals surface area (Å²) < 4.78 is 12.0. The minimum absolute atomic E-state index is 0.210. The van der Waals surface area contributed by atoms with Gasteiger partial charge in [-0.05, 0) is 30.6 Å². The maximum Gasteiger partial charge on any atom is 0.0672 e. The van der Waals surface area contributed by atoms with E-state index in [0.29, 0.717) is 12.0 Å². The number of ether oxygens (including phenoxy) is 2. The summed E-state index contributed by atoms with van der Waals surface area (Å²) >= 11 is 0. The van der Waals surface area contributed by atoms with E-state index in [9.17, 15) is 0 Å². The largest absolute Gasteiger partial charge is 0.384 e. The van der Waals surface area contributed by atoms with Gasteiger partial charge in [0.1, 0.15) is 0 Å². The standard InChI is InChI=1S/C22H42O2/c1-18(2)21(24-4)22(17-23-3,15-19-11-7-5-8-12-19)16-20-13-9-6-10-14-20/h18-21H,5-17H2,1-4H3. The van der Waals surface area contributed by atoms with Crippen LogP contribution in [0.4, 0.5) is 0 Å². The Hall–Kier alpha value is -0.0800. The molecule has 0 heterocycles. The molecule has 24 heavy (non-hydrogen) atoms. The Morgan fingerprint density at radius 3 is 1.58 bits per heavy atom. The first-order chi connectivity index (χ1) is 11.6. The van der Waals surface area contributed by atoms with Crippen molar-refractivity contribution < 1.29 is 9.47 Å². The van der Waals surface area contributed by atoms with Crippen LogP contribution in [0.5, 0.6) is 0 Å². The molecule has 2 nitrogen and oxygen atoms in total. The zero-order valence-corrected chi connectivity index (χ0v) is 16.8. The molecule has 2 aliphatic rings. The van der Waals surface area contributed by atoms with Gasteiger partial charge in [-0.3, -0.25) is 0 Å². The van der Waals surface area contributed by atoms with Crippen molar-refractivity contribution in [2.24, 2.45) is 23.2 Å². The molecule has 2 fully saturated rings. The molecule has 0 amide bonds. The maximum atomic E-state index is 6.13. The molecule has 2 heteroatoms. The molecule has 0 N–H and O–H groups in total. The molecule has 1 atom stereocenters. The number of methoxy groups -OCH3 is 2. The highest BCUT2D eigenvalue weighted by Gasteiger charge is 2.44. The van der Waals surface area contributed by atoms with Gasteiger partial charge in [0.25, 0.3) is 0 Å². The molecule has 0 bridgehead atoms. The molecule has 142 valence electrons. The fourth-order valence-electron chi connectivity index (χ4n) is 5.96. The fourth-order valence-corrected chi connectivity index (χ4v) is 5.96. The minimum Gasteiger partial charge on any atom is -0.384 e. The van der Waals surface area contributed by atoms with Gasteiger partial charge in [-0.1, -0.05) is 78.1 Å². The third kappa shape index (κ3) is 5.46. The van der Waals surface area contributed by atoms with Crippen LogP contribution in [0.3, 0.4) is 0 Å². The first kappa shape index (κ1) is 20.2. The molecule has 0 saturated heterocycles. The van der Waals surface area contributed by atoms with Crippen LogP contribution in [0.1, 0.15) is 90.9 Å². The van der Waals surface area contributed by atoms with E-state index in [-0.39, 0.29) is 5.41 Å². The monoisotopic (exact) mass is 338 g/mol. The van der Waals surface area contributed by atoms with Crippen LogP contribution in [0.15, 0.2) is 0 Å². The van der Waals surface area contributed by atoms with Crippen LogP contribution in [0, 0.1) is 23.2 Å². The highest BCUT2D eigenvalue weighted by molar-refractivity contribution is 4.93. The lowest BCUT2D eigenvalue weighted by atomic mass is 9.63. The topological polar surface area (TPSA) is 18.5 Å². The Morgan fingerprint density at radius 2 is 1.25 bits per heavy atom. The Balaban J connectivity index is 2.19. The van der Waals surface area contributed by atoms with E-state index in [1.807, 2.05) is 14.2 Å². The molecule has 0 spiro atoms. The lowest BCUT2D eigenvalue weighted by molar-refractivity contribution is -0.104. The van der Waals surface area contributed by atoms with Gasteiger partial charge in [0.2, 0.25) is 0 Å². The average Bonchev–Trinajstić information content (AvgIpc) is 2.57. The number of rotatable bonds is 9. The molecule has 0 aromatic carbocycles. The second kappa shape index (κ2) is 10.2. The van der Waals surface area contributed by atoms with Gasteiger partial charge < -0.3 is 9.47 Å². The van der Waals surface area contributed by atoms with Gasteiger partial charge >= 0.3 is 0 Å². The Morgan fingerprint density at radius 1 is 0.792 bits per heavy atom. The highest BCUT2D eigenvalue weighted by atomic mass is 16.5. The quantitative estimate of drug-likeness (QED) is 0.496. The maximum absolute atomic E-state index is 6.13. The molecule has 0 aromatic heterocycles. The van der Waals surface area contributed by atoms with Crippen LogP contribution in [0.2, 0.25) is 0 Å². The van der Waals surface area contributed by atoms with Crippen molar-refractivity contribution >= 4 is 0 Å². The SMILES string of the molecule is COCC(CC1CCCCC1)(CC1CCCCC1)C(OC)C(C)C. The van der Waals surface area contributed by atoms with Gasteiger partial charge in [-0.2, -0.15) is 0 Å². The third-order valence-electron chi connectivity index (χ3n) is 6.73. The van der Waals surface area contributed by atoms with E-state index in [2.05, 4.69) is 13.8 Å². The summed E-state index contributed by atoms with van der Waals surface area (Å²) in [5.41, 5.74) is 0.210. The van der Waals surface area contributed by atoms with Gasteiger partial charge in [0.15, 0.2) is 0 Å². The molecular weight excluding hydrogens is 296 g/mol. The summed E-state index contributed by atoms with van der Waals surface area (Å²) in [6.07, 6.45) is 17.2. The molecule has 0 aromatic rings. The molecule has 0 radical (unpaired) electrons. The predicted molar refractivity (Wildman–Crippen MR) is 102 cm³/mol. The summed E-state index contributed by atoms with van der Waals surface area (Å²) in [4.78, 5) is 0. The van der Waals surface area contributed by atoms with Crippen molar-refractivity contribution in [2.75, 3.05) is 20.8 Å². The summed E-state index contributed by atoms with van der Waals surface area (Å²) in [7, 11) is 3.82. The van der Waals surface area contributed by atoms with E-state index in [0.717, 1.165) is 18.4 Å². The van der Waals surface area contributed by atoms with Crippen LogP contribution in [-0.4, -0.2) is 26.9 Å². The average molecular weight is 339 g/mol. The zero-order valence-electron chi connectivity index (χ0n) is 16.8. The minimum atomic E-state index is 0.210. The van der Waals surface area contributed by atoms with Crippen LogP contribution < -0.4 is 0 Å². The fraction of sp³-hybridized carbons (Fsp3) is 1.00. The molecule has 1 unspecified atom stereocenters. The first-order valence-electron chi connectivity index (χ1n) is 10.6. The summed E-state index contributed by atoms with van der Waals surface area (Å²) in [6.45, 7) is 5.54. The van der Waals surface area contributed by atoms with Crippen molar-refractivity contribution in [3.8, 4) is 0 Å². The van der Waals surface area contributed by atoms with Crippen molar-refractivity contribution in [2.45, 2.75) is 97.0 Å². The van der Waals surface area contributed by atoms with Crippen LogP contribution in [-0.2, 0) is 9.47 Å². The van der Waals surface area contributed by atoms with E-state index in [4.69, 9.17) is 9.47 Å². The molecule has 2 rings (SSSR count). The van der Waals surface area contributed by atoms with Crippen LogP contribution >= 0.6 is 0 Å². The lowest BCUT2D eigenvalue weighted by Crippen LogP contribution is -2.46. The summed E-state index contributed by atoms with van der Waals surface area (Å²) in [5, 5.41) is 0. The van der Waals surface area contributed by atoms with Crippen molar-refractivity contribution in [1.82, 2.24) is 0 Å². The van der Waals surface area contributed by atoms with E-state index >= 15 is 0 Å². The number of hydrogen-bond donors (Lipinski definition) is 0. The lowest BCUT2D eigenvalue weighted by Gasteiger charge is -2.46. The Labute approximate surface area is 151 Å². The van der Waals surface area contributed by atoms with Crippen molar-refractivity contribution in [3.05, 3.63) is 0 Å². The summed E-state index contributed by atoms with van der Waals surface area (Å²) in [5.74, 6) is 2.32. The second-order valence-corrected chi connectivity index (χ2v) is 9.11. The predicted octanol–water partition coefficient (Wildman–Crippen LogP) is 6.23. The molecule has 0 aliphatic heterocycles. The molecular formula is C22H42O2. The van der Waals surface area contributed by atoms with Gasteiger partial charge in [-0.15, -0.1) is 0 Å². The van der Waals surface area contributed by atoms with E-state index in [1.165, 1.54) is 77.0 Å². The Kier molecular flexibility index (Phi) is 8.57. The van der Waals surface area contributed by atoms with E-state index in [1.54, 1.807) is 0 Å². The van der Waals surface area contributed by atoms with Gasteiger partial charge in [0, 0.05) is 19.6 Å². The van der Waals surface area contributed by atoms with Gasteiger partial charge in [-0.25, -0.2) is 0 Å². The van der Waals surface area contributed by atoms with Crippen molar-refractivity contribution in [3.63, 3.8) is 0 Å². The highest BCUT2D eigenvalue weighted by Crippen LogP contribution is 2.47. The zero-order chi connectivity index (χ0) is 17.4. The smallest absolute Gasteiger partial charge is 0.0672 e. The normalized spacial score (nSPS) is 22.9. The van der Waals surface area contributed by atoms with Gasteiger partial charge in [0.05, 0.1) is 12.7 Å². The first-order valence-corrected chi connectivity index (χ1v) is 10.6. The second-order valence-electron chi connectivity index (χ2n) is 9.11.